The lowest BCUT2D eigenvalue weighted by Gasteiger charge is -2.44. The smallest absolute Gasteiger partial charge is 0.305 e. The fourth-order valence-electron chi connectivity index (χ4n) is 4.28. The summed E-state index contributed by atoms with van der Waals surface area (Å²) in [7, 11) is 5.65. The Morgan fingerprint density at radius 3 is 2.50 bits per heavy atom. The topological polar surface area (TPSA) is 62.7 Å². The third-order valence-corrected chi connectivity index (χ3v) is 6.16. The molecule has 0 saturated heterocycles. The van der Waals surface area contributed by atoms with Gasteiger partial charge in [0.2, 0.25) is 5.91 Å². The molecule has 1 aromatic rings. The highest BCUT2D eigenvalue weighted by molar-refractivity contribution is 5.76. The normalized spacial score (nSPS) is 22.1. The molecule has 28 heavy (non-hydrogen) atoms. The van der Waals surface area contributed by atoms with Crippen LogP contribution in [0, 0.1) is 5.92 Å². The molecule has 6 heteroatoms. The van der Waals surface area contributed by atoms with E-state index in [9.17, 15) is 9.59 Å². The van der Waals surface area contributed by atoms with Crippen LogP contribution >= 0.6 is 0 Å². The molecule has 0 aliphatic heterocycles. The molecule has 0 atom stereocenters. The molecular weight excluding hydrogens is 354 g/mol. The quantitative estimate of drug-likeness (QED) is 0.607. The van der Waals surface area contributed by atoms with Crippen LogP contribution in [0.3, 0.4) is 0 Å². The Hall–Kier alpha value is -1.95. The Bertz CT molecular complexity index is 625. The van der Waals surface area contributed by atoms with Gasteiger partial charge in [0.15, 0.2) is 0 Å². The van der Waals surface area contributed by atoms with Crippen LogP contribution in [0.5, 0.6) is 0 Å². The molecule has 1 amide bonds. The Balaban J connectivity index is 1.89. The van der Waals surface area contributed by atoms with Gasteiger partial charge in [0.1, 0.15) is 0 Å². The second-order valence-corrected chi connectivity index (χ2v) is 7.94. The maximum absolute atomic E-state index is 12.7. The van der Waals surface area contributed by atoms with Crippen molar-refractivity contribution >= 4 is 11.9 Å². The van der Waals surface area contributed by atoms with E-state index in [0.29, 0.717) is 38.3 Å². The fourth-order valence-corrected chi connectivity index (χ4v) is 4.28. The van der Waals surface area contributed by atoms with Gasteiger partial charge < -0.3 is 9.64 Å². The van der Waals surface area contributed by atoms with E-state index >= 15 is 0 Å². The Morgan fingerprint density at radius 2 is 1.96 bits per heavy atom. The molecule has 1 saturated carbocycles. The number of carbonyl (C=O) groups is 2. The molecule has 0 N–H and O–H groups in total. The third kappa shape index (κ3) is 5.53. The Kier molecular flexibility index (Phi) is 8.42. The summed E-state index contributed by atoms with van der Waals surface area (Å²) in [6, 6.07) is 6.12. The minimum absolute atomic E-state index is 0.0359. The zero-order chi connectivity index (χ0) is 20.6. The van der Waals surface area contributed by atoms with Gasteiger partial charge in [0.05, 0.1) is 18.3 Å². The summed E-state index contributed by atoms with van der Waals surface area (Å²) in [5.41, 5.74) is 1.09. The lowest BCUT2D eigenvalue weighted by atomic mass is 9.72. The molecule has 0 spiro atoms. The molecule has 156 valence electrons. The first-order chi connectivity index (χ1) is 13.4. The van der Waals surface area contributed by atoms with E-state index in [-0.39, 0.29) is 17.4 Å². The number of pyridine rings is 1. The van der Waals surface area contributed by atoms with E-state index in [1.165, 1.54) is 7.11 Å². The monoisotopic (exact) mass is 389 g/mol. The van der Waals surface area contributed by atoms with Crippen molar-refractivity contribution in [3.8, 4) is 0 Å². The molecule has 6 nitrogen and oxygen atoms in total. The van der Waals surface area contributed by atoms with Crippen molar-refractivity contribution in [2.75, 3.05) is 34.3 Å². The van der Waals surface area contributed by atoms with Crippen molar-refractivity contribution in [3.05, 3.63) is 30.1 Å². The van der Waals surface area contributed by atoms with Crippen LogP contribution in [0.2, 0.25) is 0 Å². The number of hydrogen-bond donors (Lipinski definition) is 0. The highest BCUT2D eigenvalue weighted by Crippen LogP contribution is 2.43. The highest BCUT2D eigenvalue weighted by Gasteiger charge is 2.40. The lowest BCUT2D eigenvalue weighted by Crippen LogP contribution is -2.45. The third-order valence-electron chi connectivity index (χ3n) is 6.16. The van der Waals surface area contributed by atoms with Crippen molar-refractivity contribution in [2.24, 2.45) is 5.92 Å². The molecule has 0 bridgehead atoms. The van der Waals surface area contributed by atoms with Crippen LogP contribution in [0.15, 0.2) is 24.4 Å². The average Bonchev–Trinajstić information content (AvgIpc) is 2.72. The second kappa shape index (κ2) is 10.6. The van der Waals surface area contributed by atoms with E-state index in [0.717, 1.165) is 31.4 Å². The minimum Gasteiger partial charge on any atom is -0.469 e. The number of nitrogens with zero attached hydrogens (tertiary/aromatic N) is 3. The van der Waals surface area contributed by atoms with Crippen molar-refractivity contribution in [1.29, 1.82) is 0 Å². The maximum Gasteiger partial charge on any atom is 0.305 e. The first-order valence-electron chi connectivity index (χ1n) is 10.4. The molecule has 1 aliphatic rings. The van der Waals surface area contributed by atoms with Gasteiger partial charge in [0, 0.05) is 32.1 Å². The van der Waals surface area contributed by atoms with Gasteiger partial charge in [-0.1, -0.05) is 6.07 Å². The molecule has 0 radical (unpaired) electrons. The van der Waals surface area contributed by atoms with Crippen LogP contribution in [0.25, 0.3) is 0 Å². The first kappa shape index (κ1) is 22.3. The summed E-state index contributed by atoms with van der Waals surface area (Å²) >= 11 is 0. The van der Waals surface area contributed by atoms with E-state index < -0.39 is 0 Å². The maximum atomic E-state index is 12.7. The number of aromatic nitrogens is 1. The molecule has 1 aliphatic carbocycles. The van der Waals surface area contributed by atoms with Gasteiger partial charge in [0.25, 0.3) is 0 Å². The van der Waals surface area contributed by atoms with Gasteiger partial charge in [-0.2, -0.15) is 0 Å². The number of methoxy groups -OCH3 is 1. The molecule has 1 fully saturated rings. The van der Waals surface area contributed by atoms with Gasteiger partial charge in [-0.15, -0.1) is 0 Å². The Morgan fingerprint density at radius 1 is 1.25 bits per heavy atom. The summed E-state index contributed by atoms with van der Waals surface area (Å²) in [6.45, 7) is 3.30. The standard InChI is InChI=1S/C22H35N3O3/c1-5-25(16-8-10-21(27)28-4)20(26)17-18-11-13-22(14-12-18,24(2)3)19-9-6-7-15-23-19/h6-7,9,15,18H,5,8,10-14,16-17H2,1-4H3. The Labute approximate surface area is 169 Å². The summed E-state index contributed by atoms with van der Waals surface area (Å²) in [5.74, 6) is 0.400. The van der Waals surface area contributed by atoms with E-state index in [2.05, 4.69) is 40.8 Å². The van der Waals surface area contributed by atoms with Gasteiger partial charge in [-0.25, -0.2) is 0 Å². The zero-order valence-corrected chi connectivity index (χ0v) is 17.8. The molecule has 0 aromatic carbocycles. The number of esters is 1. The average molecular weight is 390 g/mol. The predicted octanol–water partition coefficient (Wildman–Crippen LogP) is 3.22. The number of carbonyl (C=O) groups excluding carboxylic acids is 2. The number of amides is 1. The van der Waals surface area contributed by atoms with Crippen LogP contribution < -0.4 is 0 Å². The van der Waals surface area contributed by atoms with Crippen molar-refractivity contribution in [1.82, 2.24) is 14.8 Å². The van der Waals surface area contributed by atoms with Gasteiger partial charge in [-0.05, 0) is 71.2 Å². The first-order valence-corrected chi connectivity index (χ1v) is 10.4. The molecular formula is C22H35N3O3. The van der Waals surface area contributed by atoms with E-state index in [4.69, 9.17) is 0 Å². The molecule has 0 unspecified atom stereocenters. The lowest BCUT2D eigenvalue weighted by molar-refractivity contribution is -0.141. The number of hydrogen-bond acceptors (Lipinski definition) is 5. The van der Waals surface area contributed by atoms with Crippen LogP contribution in [0.1, 0.15) is 57.6 Å². The summed E-state index contributed by atoms with van der Waals surface area (Å²) in [6.07, 6.45) is 7.56. The van der Waals surface area contributed by atoms with Gasteiger partial charge in [-0.3, -0.25) is 19.5 Å². The van der Waals surface area contributed by atoms with Crippen LogP contribution in [-0.2, 0) is 19.9 Å². The van der Waals surface area contributed by atoms with Crippen LogP contribution in [0.4, 0.5) is 0 Å². The van der Waals surface area contributed by atoms with Gasteiger partial charge >= 0.3 is 5.97 Å². The largest absolute Gasteiger partial charge is 0.469 e. The molecule has 1 heterocycles. The second-order valence-electron chi connectivity index (χ2n) is 7.94. The molecule has 1 aromatic heterocycles. The number of rotatable bonds is 9. The van der Waals surface area contributed by atoms with E-state index in [1.807, 2.05) is 24.1 Å². The fraction of sp³-hybridized carbons (Fsp3) is 0.682. The van der Waals surface area contributed by atoms with Crippen molar-refractivity contribution in [3.63, 3.8) is 0 Å². The summed E-state index contributed by atoms with van der Waals surface area (Å²) in [5, 5.41) is 0. The predicted molar refractivity (Wildman–Crippen MR) is 110 cm³/mol. The summed E-state index contributed by atoms with van der Waals surface area (Å²) in [4.78, 5) is 32.8. The zero-order valence-electron chi connectivity index (χ0n) is 17.8. The van der Waals surface area contributed by atoms with Crippen molar-refractivity contribution in [2.45, 2.75) is 57.4 Å². The van der Waals surface area contributed by atoms with Crippen molar-refractivity contribution < 1.29 is 14.3 Å². The SMILES string of the molecule is CCN(CCCC(=O)OC)C(=O)CC1CCC(c2ccccn2)(N(C)C)CC1. The van der Waals surface area contributed by atoms with E-state index in [1.54, 1.807) is 0 Å². The summed E-state index contributed by atoms with van der Waals surface area (Å²) < 4.78 is 4.67. The highest BCUT2D eigenvalue weighted by atomic mass is 16.5. The number of ether oxygens (including phenoxy) is 1. The van der Waals surface area contributed by atoms with Crippen LogP contribution in [-0.4, -0.2) is 61.0 Å². The minimum atomic E-state index is -0.217. The molecule has 2 rings (SSSR count).